The van der Waals surface area contributed by atoms with E-state index < -0.39 is 0 Å². The Morgan fingerprint density at radius 1 is 1.57 bits per heavy atom. The van der Waals surface area contributed by atoms with E-state index in [0.717, 1.165) is 17.4 Å². The largest absolute Gasteiger partial charge is 0.364 e. The van der Waals surface area contributed by atoms with Crippen molar-refractivity contribution in [3.8, 4) is 0 Å². The molecule has 3 rings (SSSR count). The molecular weight excluding hydrogens is 178 g/mol. The summed E-state index contributed by atoms with van der Waals surface area (Å²) >= 11 is 0. The highest BCUT2D eigenvalue weighted by Gasteiger charge is 2.33. The van der Waals surface area contributed by atoms with Crippen molar-refractivity contribution in [2.24, 2.45) is 5.92 Å². The molecule has 0 radical (unpaired) electrons. The van der Waals surface area contributed by atoms with Gasteiger partial charge in [0.15, 0.2) is 5.82 Å². The third-order valence-corrected chi connectivity index (χ3v) is 2.65. The Bertz CT molecular complexity index is 463. The summed E-state index contributed by atoms with van der Waals surface area (Å²) in [6.07, 6.45) is 6.50. The molecule has 0 bridgehead atoms. The molecule has 1 saturated carbocycles. The fraction of sp³-hybridized carbons (Fsp3) is 0.444. The van der Waals surface area contributed by atoms with Gasteiger partial charge in [0, 0.05) is 18.4 Å². The van der Waals surface area contributed by atoms with Crippen LogP contribution in [0.25, 0.3) is 5.65 Å². The van der Waals surface area contributed by atoms with E-state index in [4.69, 9.17) is 0 Å². The molecule has 1 fully saturated rings. The predicted octanol–water partition coefficient (Wildman–Crippen LogP) is 0.945. The van der Waals surface area contributed by atoms with Gasteiger partial charge in [-0.15, -0.1) is 10.2 Å². The minimum absolute atomic E-state index is 0.561. The molecule has 0 aromatic carbocycles. The third-order valence-electron chi connectivity index (χ3n) is 2.65. The number of nitrogens with zero attached hydrogens (tertiary/aromatic N) is 4. The third kappa shape index (κ3) is 1.13. The summed E-state index contributed by atoms with van der Waals surface area (Å²) in [5.74, 6) is 1.58. The smallest absolute Gasteiger partial charge is 0.203 e. The monoisotopic (exact) mass is 189 g/mol. The van der Waals surface area contributed by atoms with E-state index in [-0.39, 0.29) is 0 Å². The lowest BCUT2D eigenvalue weighted by atomic mass is 10.4. The zero-order valence-electron chi connectivity index (χ0n) is 7.88. The van der Waals surface area contributed by atoms with E-state index in [1.165, 1.54) is 6.42 Å². The van der Waals surface area contributed by atoms with E-state index in [9.17, 15) is 0 Å². The van der Waals surface area contributed by atoms with Gasteiger partial charge in [-0.05, 0) is 12.3 Å². The number of nitrogens with one attached hydrogen (secondary N) is 1. The molecule has 0 amide bonds. The zero-order chi connectivity index (χ0) is 9.54. The first-order valence-corrected chi connectivity index (χ1v) is 4.75. The molecule has 1 N–H and O–H groups in total. The van der Waals surface area contributed by atoms with Gasteiger partial charge in [-0.3, -0.25) is 4.40 Å². The lowest BCUT2D eigenvalue weighted by Gasteiger charge is -2.03. The molecule has 2 atom stereocenters. The van der Waals surface area contributed by atoms with Crippen LogP contribution in [0.1, 0.15) is 13.3 Å². The number of fused-ring (bicyclic) bond motifs is 1. The number of rotatable bonds is 2. The van der Waals surface area contributed by atoms with Gasteiger partial charge < -0.3 is 5.32 Å². The SMILES string of the molecule is C[C@@H]1C[C@H]1Nc1nccn2cnnc12. The highest BCUT2D eigenvalue weighted by Crippen LogP contribution is 2.32. The van der Waals surface area contributed by atoms with Crippen LogP contribution in [-0.2, 0) is 0 Å². The zero-order valence-corrected chi connectivity index (χ0v) is 7.88. The maximum Gasteiger partial charge on any atom is 0.203 e. The van der Waals surface area contributed by atoms with Crippen LogP contribution in [0.4, 0.5) is 5.82 Å². The first-order valence-electron chi connectivity index (χ1n) is 4.75. The fourth-order valence-corrected chi connectivity index (χ4v) is 1.56. The van der Waals surface area contributed by atoms with Gasteiger partial charge >= 0.3 is 0 Å². The highest BCUT2D eigenvalue weighted by atomic mass is 15.2. The van der Waals surface area contributed by atoms with Gasteiger partial charge in [0.25, 0.3) is 0 Å². The minimum atomic E-state index is 0.561. The summed E-state index contributed by atoms with van der Waals surface area (Å²) in [7, 11) is 0. The Kier molecular flexibility index (Phi) is 1.47. The van der Waals surface area contributed by atoms with Crippen LogP contribution in [0.15, 0.2) is 18.7 Å². The molecular formula is C9H11N5. The molecule has 14 heavy (non-hydrogen) atoms. The van der Waals surface area contributed by atoms with E-state index in [0.29, 0.717) is 6.04 Å². The fourth-order valence-electron chi connectivity index (χ4n) is 1.56. The predicted molar refractivity (Wildman–Crippen MR) is 52.0 cm³/mol. The normalized spacial score (nSPS) is 25.2. The van der Waals surface area contributed by atoms with Crippen LogP contribution >= 0.6 is 0 Å². The molecule has 2 aromatic rings. The summed E-state index contributed by atoms with van der Waals surface area (Å²) in [4.78, 5) is 4.26. The van der Waals surface area contributed by atoms with Crippen LogP contribution in [0.3, 0.4) is 0 Å². The van der Waals surface area contributed by atoms with Gasteiger partial charge in [0.05, 0.1) is 0 Å². The standard InChI is InChI=1S/C9H11N5/c1-6-4-7(6)12-8-9-13-11-5-14(9)3-2-10-8/h2-3,5-7H,4H2,1H3,(H,10,12)/t6-,7-/m1/s1. The summed E-state index contributed by atoms with van der Waals surface area (Å²) < 4.78 is 1.86. The molecule has 5 heteroatoms. The molecule has 72 valence electrons. The minimum Gasteiger partial charge on any atom is -0.364 e. The molecule has 2 heterocycles. The van der Waals surface area contributed by atoms with Crippen LogP contribution in [0.5, 0.6) is 0 Å². The Balaban J connectivity index is 1.98. The highest BCUT2D eigenvalue weighted by molar-refractivity contribution is 5.62. The molecule has 5 nitrogen and oxygen atoms in total. The van der Waals surface area contributed by atoms with Crippen molar-refractivity contribution in [1.82, 2.24) is 19.6 Å². The van der Waals surface area contributed by atoms with E-state index in [1.54, 1.807) is 12.5 Å². The summed E-state index contributed by atoms with van der Waals surface area (Å²) in [5, 5.41) is 11.2. The summed E-state index contributed by atoms with van der Waals surface area (Å²) in [6, 6.07) is 0.561. The number of aromatic nitrogens is 4. The van der Waals surface area contributed by atoms with Crippen molar-refractivity contribution in [1.29, 1.82) is 0 Å². The lowest BCUT2D eigenvalue weighted by molar-refractivity contribution is 0.921. The van der Waals surface area contributed by atoms with E-state index in [1.807, 2.05) is 10.6 Å². The number of anilines is 1. The van der Waals surface area contributed by atoms with Gasteiger partial charge in [-0.1, -0.05) is 6.92 Å². The van der Waals surface area contributed by atoms with Crippen molar-refractivity contribution in [2.75, 3.05) is 5.32 Å². The topological polar surface area (TPSA) is 55.1 Å². The van der Waals surface area contributed by atoms with Crippen LogP contribution in [0.2, 0.25) is 0 Å². The Morgan fingerprint density at radius 3 is 3.21 bits per heavy atom. The second-order valence-corrected chi connectivity index (χ2v) is 3.80. The average Bonchev–Trinajstić information content (AvgIpc) is 2.69. The molecule has 1 aliphatic carbocycles. The Morgan fingerprint density at radius 2 is 2.43 bits per heavy atom. The van der Waals surface area contributed by atoms with Gasteiger partial charge in [0.1, 0.15) is 6.33 Å². The maximum absolute atomic E-state index is 4.26. The molecule has 0 saturated heterocycles. The van der Waals surface area contributed by atoms with Crippen molar-refractivity contribution >= 4 is 11.5 Å². The first kappa shape index (κ1) is 7.73. The van der Waals surface area contributed by atoms with Crippen molar-refractivity contribution in [2.45, 2.75) is 19.4 Å². The molecule has 2 aromatic heterocycles. The Labute approximate surface area is 81.2 Å². The second-order valence-electron chi connectivity index (χ2n) is 3.80. The number of hydrogen-bond donors (Lipinski definition) is 1. The van der Waals surface area contributed by atoms with Crippen LogP contribution in [0, 0.1) is 5.92 Å². The van der Waals surface area contributed by atoms with E-state index >= 15 is 0 Å². The van der Waals surface area contributed by atoms with Crippen LogP contribution < -0.4 is 5.32 Å². The van der Waals surface area contributed by atoms with Crippen LogP contribution in [-0.4, -0.2) is 25.6 Å². The lowest BCUT2D eigenvalue weighted by Crippen LogP contribution is -2.06. The molecule has 0 spiro atoms. The second kappa shape index (κ2) is 2.67. The van der Waals surface area contributed by atoms with Crippen molar-refractivity contribution in [3.63, 3.8) is 0 Å². The van der Waals surface area contributed by atoms with Gasteiger partial charge in [-0.25, -0.2) is 4.98 Å². The summed E-state index contributed by atoms with van der Waals surface area (Å²) in [6.45, 7) is 2.22. The van der Waals surface area contributed by atoms with E-state index in [2.05, 4.69) is 27.4 Å². The molecule has 0 aliphatic heterocycles. The van der Waals surface area contributed by atoms with Crippen molar-refractivity contribution in [3.05, 3.63) is 18.7 Å². The van der Waals surface area contributed by atoms with Gasteiger partial charge in [0.2, 0.25) is 5.65 Å². The number of hydrogen-bond acceptors (Lipinski definition) is 4. The average molecular weight is 189 g/mol. The Hall–Kier alpha value is -1.65. The first-order chi connectivity index (χ1) is 6.84. The molecule has 1 aliphatic rings. The van der Waals surface area contributed by atoms with Crippen molar-refractivity contribution < 1.29 is 0 Å². The summed E-state index contributed by atoms with van der Waals surface area (Å²) in [5.41, 5.74) is 0.798. The maximum atomic E-state index is 4.26. The van der Waals surface area contributed by atoms with Gasteiger partial charge in [-0.2, -0.15) is 0 Å². The molecule has 0 unspecified atom stereocenters. The quantitative estimate of drug-likeness (QED) is 0.764.